The first-order valence-electron chi connectivity index (χ1n) is 10.3. The number of ether oxygens (including phenoxy) is 1. The number of amides is 1. The van der Waals surface area contributed by atoms with Crippen molar-refractivity contribution in [2.45, 2.75) is 45.5 Å². The SMILES string of the molecule is Cc1ncsc1COc1ccc2oc(C)c(C(=O)NC3CCN(CC(F)(F)F)CC3)c2c1. The molecular formula is C22H24F3N3O3S. The fourth-order valence-corrected chi connectivity index (χ4v) is 4.62. The fraction of sp³-hybridized carbons (Fsp3) is 0.455. The average Bonchev–Trinajstić information content (AvgIpc) is 3.28. The van der Waals surface area contributed by atoms with Gasteiger partial charge in [-0.2, -0.15) is 13.2 Å². The number of nitrogens with zero attached hydrogens (tertiary/aromatic N) is 2. The van der Waals surface area contributed by atoms with Gasteiger partial charge in [0.05, 0.1) is 28.2 Å². The summed E-state index contributed by atoms with van der Waals surface area (Å²) in [5.41, 5.74) is 3.70. The van der Waals surface area contributed by atoms with E-state index in [1.807, 2.05) is 6.92 Å². The van der Waals surface area contributed by atoms with Crippen LogP contribution >= 0.6 is 11.3 Å². The van der Waals surface area contributed by atoms with E-state index in [0.717, 1.165) is 10.6 Å². The van der Waals surface area contributed by atoms with Crippen LogP contribution in [0.2, 0.25) is 0 Å². The second-order valence-electron chi connectivity index (χ2n) is 7.98. The number of aryl methyl sites for hydroxylation is 2. The number of carbonyl (C=O) groups excluding carboxylic acids is 1. The Labute approximate surface area is 187 Å². The third-order valence-corrected chi connectivity index (χ3v) is 6.51. The van der Waals surface area contributed by atoms with Crippen molar-refractivity contribution in [2.24, 2.45) is 0 Å². The van der Waals surface area contributed by atoms with Crippen molar-refractivity contribution in [3.8, 4) is 5.75 Å². The van der Waals surface area contributed by atoms with Crippen LogP contribution in [0.5, 0.6) is 5.75 Å². The molecule has 0 radical (unpaired) electrons. The molecule has 2 aromatic heterocycles. The summed E-state index contributed by atoms with van der Waals surface area (Å²) >= 11 is 1.52. The molecule has 172 valence electrons. The summed E-state index contributed by atoms with van der Waals surface area (Å²) in [7, 11) is 0. The smallest absolute Gasteiger partial charge is 0.401 e. The topological polar surface area (TPSA) is 67.6 Å². The van der Waals surface area contributed by atoms with Gasteiger partial charge in [0.1, 0.15) is 23.7 Å². The minimum absolute atomic E-state index is 0.176. The van der Waals surface area contributed by atoms with E-state index in [2.05, 4.69) is 10.3 Å². The Hall–Kier alpha value is -2.59. The maximum Gasteiger partial charge on any atom is 0.401 e. The van der Waals surface area contributed by atoms with Gasteiger partial charge in [0, 0.05) is 24.5 Å². The number of nitrogens with one attached hydrogen (secondary N) is 1. The number of rotatable bonds is 6. The molecule has 3 heterocycles. The minimum atomic E-state index is -4.21. The molecule has 0 bridgehead atoms. The molecular weight excluding hydrogens is 443 g/mol. The van der Waals surface area contributed by atoms with Crippen LogP contribution in [0.4, 0.5) is 13.2 Å². The lowest BCUT2D eigenvalue weighted by Gasteiger charge is -2.32. The van der Waals surface area contributed by atoms with E-state index in [4.69, 9.17) is 9.15 Å². The standard InChI is InChI=1S/C22H24F3N3O3S/c1-13-19(32-12-26-13)10-30-16-3-4-18-17(9-16)20(14(2)31-18)21(29)27-15-5-7-28(8-6-15)11-22(23,24)25/h3-4,9,12,15H,5-8,10-11H2,1-2H3,(H,27,29). The van der Waals surface area contributed by atoms with Crippen LogP contribution in [0.15, 0.2) is 28.1 Å². The first kappa shape index (κ1) is 22.6. The van der Waals surface area contributed by atoms with Gasteiger partial charge in [-0.05, 0) is 44.9 Å². The van der Waals surface area contributed by atoms with Gasteiger partial charge in [-0.1, -0.05) is 0 Å². The number of hydrogen-bond acceptors (Lipinski definition) is 6. The highest BCUT2D eigenvalue weighted by Crippen LogP contribution is 2.30. The molecule has 0 unspecified atom stereocenters. The van der Waals surface area contributed by atoms with Crippen LogP contribution in [0.1, 0.15) is 39.5 Å². The quantitative estimate of drug-likeness (QED) is 0.562. The van der Waals surface area contributed by atoms with E-state index in [-0.39, 0.29) is 11.9 Å². The normalized spacial score (nSPS) is 15.9. The molecule has 1 aromatic carbocycles. The van der Waals surface area contributed by atoms with Gasteiger partial charge < -0.3 is 14.5 Å². The highest BCUT2D eigenvalue weighted by molar-refractivity contribution is 7.09. The van der Waals surface area contributed by atoms with Crippen LogP contribution in [-0.2, 0) is 6.61 Å². The van der Waals surface area contributed by atoms with Crippen molar-refractivity contribution >= 4 is 28.2 Å². The average molecular weight is 468 g/mol. The van der Waals surface area contributed by atoms with E-state index >= 15 is 0 Å². The Kier molecular flexibility index (Phi) is 6.43. The molecule has 1 saturated heterocycles. The zero-order valence-corrected chi connectivity index (χ0v) is 18.6. The summed E-state index contributed by atoms with van der Waals surface area (Å²) in [5, 5.41) is 3.61. The number of furan rings is 1. The number of carbonyl (C=O) groups is 1. The Morgan fingerprint density at radius 2 is 2.06 bits per heavy atom. The van der Waals surface area contributed by atoms with Crippen molar-refractivity contribution in [1.29, 1.82) is 0 Å². The molecule has 0 aliphatic carbocycles. The van der Waals surface area contributed by atoms with E-state index in [1.54, 1.807) is 30.6 Å². The van der Waals surface area contributed by atoms with E-state index in [1.165, 1.54) is 16.2 Å². The van der Waals surface area contributed by atoms with E-state index in [0.29, 0.717) is 60.6 Å². The second-order valence-corrected chi connectivity index (χ2v) is 8.92. The largest absolute Gasteiger partial charge is 0.488 e. The first-order chi connectivity index (χ1) is 15.2. The van der Waals surface area contributed by atoms with Crippen LogP contribution in [0, 0.1) is 13.8 Å². The lowest BCUT2D eigenvalue weighted by molar-refractivity contribution is -0.148. The molecule has 1 aliphatic heterocycles. The number of aromatic nitrogens is 1. The van der Waals surface area contributed by atoms with Gasteiger partial charge in [-0.25, -0.2) is 4.98 Å². The van der Waals surface area contributed by atoms with Crippen LogP contribution < -0.4 is 10.1 Å². The van der Waals surface area contributed by atoms with Gasteiger partial charge in [-0.3, -0.25) is 9.69 Å². The second kappa shape index (κ2) is 9.11. The highest BCUT2D eigenvalue weighted by atomic mass is 32.1. The lowest BCUT2D eigenvalue weighted by Crippen LogP contribution is -2.47. The van der Waals surface area contributed by atoms with Crippen LogP contribution in [0.3, 0.4) is 0 Å². The van der Waals surface area contributed by atoms with Crippen molar-refractivity contribution in [2.75, 3.05) is 19.6 Å². The number of halogens is 3. The summed E-state index contributed by atoms with van der Waals surface area (Å²) in [6.07, 6.45) is -3.26. The Morgan fingerprint density at radius 3 is 2.72 bits per heavy atom. The molecule has 3 aromatic rings. The number of benzene rings is 1. The molecule has 1 amide bonds. The van der Waals surface area contributed by atoms with Gasteiger partial charge in [0.25, 0.3) is 5.91 Å². The molecule has 1 N–H and O–H groups in total. The Morgan fingerprint density at radius 1 is 1.31 bits per heavy atom. The predicted molar refractivity (Wildman–Crippen MR) is 115 cm³/mol. The van der Waals surface area contributed by atoms with Crippen molar-refractivity contribution in [3.05, 3.63) is 45.6 Å². The number of alkyl halides is 3. The minimum Gasteiger partial charge on any atom is -0.488 e. The number of fused-ring (bicyclic) bond motifs is 1. The Bertz CT molecular complexity index is 1100. The zero-order chi connectivity index (χ0) is 22.9. The first-order valence-corrected chi connectivity index (χ1v) is 11.2. The molecule has 0 saturated carbocycles. The van der Waals surface area contributed by atoms with Gasteiger partial charge in [0.15, 0.2) is 0 Å². The summed E-state index contributed by atoms with van der Waals surface area (Å²) in [6.45, 7) is 3.71. The summed E-state index contributed by atoms with van der Waals surface area (Å²) < 4.78 is 49.4. The number of hydrogen-bond donors (Lipinski definition) is 1. The number of likely N-dealkylation sites (tertiary alicyclic amines) is 1. The van der Waals surface area contributed by atoms with Gasteiger partial charge in [-0.15, -0.1) is 11.3 Å². The van der Waals surface area contributed by atoms with E-state index < -0.39 is 12.7 Å². The monoisotopic (exact) mass is 467 g/mol. The van der Waals surface area contributed by atoms with Gasteiger partial charge >= 0.3 is 6.18 Å². The number of thiazole rings is 1. The van der Waals surface area contributed by atoms with Gasteiger partial charge in [0.2, 0.25) is 0 Å². The van der Waals surface area contributed by atoms with Crippen molar-refractivity contribution in [3.63, 3.8) is 0 Å². The van der Waals surface area contributed by atoms with E-state index in [9.17, 15) is 18.0 Å². The van der Waals surface area contributed by atoms with Crippen molar-refractivity contribution in [1.82, 2.24) is 15.2 Å². The maximum atomic E-state index is 13.0. The predicted octanol–water partition coefficient (Wildman–Crippen LogP) is 4.84. The highest BCUT2D eigenvalue weighted by Gasteiger charge is 2.33. The fourth-order valence-electron chi connectivity index (χ4n) is 3.93. The molecule has 0 atom stereocenters. The zero-order valence-electron chi connectivity index (χ0n) is 17.8. The molecule has 1 aliphatic rings. The molecule has 0 spiro atoms. The summed E-state index contributed by atoms with van der Waals surface area (Å²) in [6, 6.07) is 5.16. The molecule has 4 rings (SSSR count). The summed E-state index contributed by atoms with van der Waals surface area (Å²) in [4.78, 5) is 19.6. The van der Waals surface area contributed by atoms with Crippen LogP contribution in [-0.4, -0.2) is 47.6 Å². The third kappa shape index (κ3) is 5.24. The Balaban J connectivity index is 1.43. The molecule has 10 heteroatoms. The summed E-state index contributed by atoms with van der Waals surface area (Å²) in [5.74, 6) is 0.814. The lowest BCUT2D eigenvalue weighted by atomic mass is 10.0. The van der Waals surface area contributed by atoms with Crippen LogP contribution in [0.25, 0.3) is 11.0 Å². The van der Waals surface area contributed by atoms with Crippen molar-refractivity contribution < 1.29 is 27.1 Å². The third-order valence-electron chi connectivity index (χ3n) is 5.60. The molecule has 32 heavy (non-hydrogen) atoms. The number of piperidine rings is 1. The maximum absolute atomic E-state index is 13.0. The molecule has 1 fully saturated rings. The molecule has 6 nitrogen and oxygen atoms in total.